The highest BCUT2D eigenvalue weighted by Gasteiger charge is 2.65. The molecule has 4 N–H and O–H groups in total. The molecule has 1 aromatic rings. The van der Waals surface area contributed by atoms with E-state index in [4.69, 9.17) is 14.6 Å². The first-order valence-electron chi connectivity index (χ1n) is 8.88. The number of hydrogen-bond acceptors (Lipinski definition) is 6. The van der Waals surface area contributed by atoms with Gasteiger partial charge in [-0.25, -0.2) is 0 Å². The van der Waals surface area contributed by atoms with Crippen LogP contribution >= 0.6 is 0 Å². The van der Waals surface area contributed by atoms with Crippen molar-refractivity contribution in [2.75, 3.05) is 26.4 Å². The number of benzene rings is 1. The largest absolute Gasteiger partial charge is 0.394 e. The predicted octanol–water partition coefficient (Wildman–Crippen LogP) is 0.431. The van der Waals surface area contributed by atoms with Gasteiger partial charge in [0.25, 0.3) is 0 Å². The zero-order chi connectivity index (χ0) is 18.1. The highest BCUT2D eigenvalue weighted by molar-refractivity contribution is 5.26. The molecule has 6 atom stereocenters. The molecule has 6 nitrogen and oxygen atoms in total. The topological polar surface area (TPSA) is 99.4 Å². The molecular weight excluding hydrogens is 324 g/mol. The van der Waals surface area contributed by atoms with Crippen molar-refractivity contribution in [1.29, 1.82) is 0 Å². The lowest BCUT2D eigenvalue weighted by molar-refractivity contribution is -0.348. The molecule has 6 heteroatoms. The average Bonchev–Trinajstić information content (AvgIpc) is 2.65. The Bertz CT molecular complexity index is 562. The molecule has 0 aromatic heterocycles. The first-order valence-corrected chi connectivity index (χ1v) is 8.88. The van der Waals surface area contributed by atoms with Crippen molar-refractivity contribution in [3.8, 4) is 0 Å². The number of aliphatic hydroxyl groups excluding tert-OH is 3. The van der Waals surface area contributed by atoms with Crippen molar-refractivity contribution >= 4 is 0 Å². The molecule has 1 saturated carbocycles. The van der Waals surface area contributed by atoms with Crippen molar-refractivity contribution < 1.29 is 29.9 Å². The summed E-state index contributed by atoms with van der Waals surface area (Å²) in [6.07, 6.45) is 0.114. The van der Waals surface area contributed by atoms with E-state index >= 15 is 0 Å². The van der Waals surface area contributed by atoms with Crippen LogP contribution in [-0.4, -0.2) is 70.3 Å². The summed E-state index contributed by atoms with van der Waals surface area (Å²) in [6, 6.07) is 9.90. The van der Waals surface area contributed by atoms with Gasteiger partial charge in [0, 0.05) is 5.92 Å². The van der Waals surface area contributed by atoms with E-state index in [2.05, 4.69) is 0 Å². The van der Waals surface area contributed by atoms with Gasteiger partial charge in [0.15, 0.2) is 0 Å². The lowest BCUT2D eigenvalue weighted by Crippen LogP contribution is -2.75. The molecule has 2 fully saturated rings. The molecular formula is C19H28O6. The Morgan fingerprint density at radius 3 is 2.56 bits per heavy atom. The number of ether oxygens (including phenoxy) is 2. The molecule has 1 aliphatic carbocycles. The summed E-state index contributed by atoms with van der Waals surface area (Å²) in [5.74, 6) is -0.0312. The maximum absolute atomic E-state index is 10.8. The fourth-order valence-corrected chi connectivity index (χ4v) is 4.32. The van der Waals surface area contributed by atoms with E-state index < -0.39 is 17.3 Å². The fraction of sp³-hybridized carbons (Fsp3) is 0.684. The van der Waals surface area contributed by atoms with E-state index in [-0.39, 0.29) is 44.4 Å². The molecule has 0 radical (unpaired) electrons. The van der Waals surface area contributed by atoms with E-state index in [0.717, 1.165) is 5.56 Å². The normalized spacial score (nSPS) is 39.2. The number of hydrogen-bond donors (Lipinski definition) is 4. The molecule has 0 amide bonds. The molecule has 1 aromatic carbocycles. The van der Waals surface area contributed by atoms with Gasteiger partial charge >= 0.3 is 0 Å². The maximum atomic E-state index is 10.8. The third-order valence-corrected chi connectivity index (χ3v) is 5.91. The smallest absolute Gasteiger partial charge is 0.140 e. The van der Waals surface area contributed by atoms with Gasteiger partial charge in [0.2, 0.25) is 0 Å². The van der Waals surface area contributed by atoms with Crippen LogP contribution in [0.2, 0.25) is 0 Å². The van der Waals surface area contributed by atoms with Crippen molar-refractivity contribution in [2.45, 2.75) is 49.1 Å². The van der Waals surface area contributed by atoms with Crippen LogP contribution in [-0.2, 0) is 9.47 Å². The average molecular weight is 352 g/mol. The van der Waals surface area contributed by atoms with Crippen LogP contribution in [0.15, 0.2) is 30.3 Å². The van der Waals surface area contributed by atoms with Gasteiger partial charge in [0.1, 0.15) is 17.3 Å². The Balaban J connectivity index is 1.85. The summed E-state index contributed by atoms with van der Waals surface area (Å²) in [5.41, 5.74) is -0.930. The van der Waals surface area contributed by atoms with E-state index in [1.807, 2.05) is 37.3 Å². The molecule has 1 saturated heterocycles. The van der Waals surface area contributed by atoms with Crippen LogP contribution in [0.4, 0.5) is 0 Å². The lowest BCUT2D eigenvalue weighted by atomic mass is 9.59. The molecule has 1 aliphatic heterocycles. The molecule has 0 bridgehead atoms. The quantitative estimate of drug-likeness (QED) is 0.593. The Morgan fingerprint density at radius 1 is 1.28 bits per heavy atom. The fourth-order valence-electron chi connectivity index (χ4n) is 4.32. The summed E-state index contributed by atoms with van der Waals surface area (Å²) in [5, 5.41) is 39.1. The minimum atomic E-state index is -1.23. The molecule has 140 valence electrons. The third-order valence-electron chi connectivity index (χ3n) is 5.91. The van der Waals surface area contributed by atoms with Gasteiger partial charge in [-0.2, -0.15) is 0 Å². The number of rotatable bonds is 6. The van der Waals surface area contributed by atoms with Gasteiger partial charge in [-0.15, -0.1) is 0 Å². The summed E-state index contributed by atoms with van der Waals surface area (Å²) >= 11 is 0. The van der Waals surface area contributed by atoms with Crippen LogP contribution in [0, 0.1) is 5.92 Å². The second-order valence-electron chi connectivity index (χ2n) is 7.43. The van der Waals surface area contributed by atoms with Gasteiger partial charge in [-0.3, -0.25) is 0 Å². The van der Waals surface area contributed by atoms with E-state index in [1.165, 1.54) is 0 Å². The summed E-state index contributed by atoms with van der Waals surface area (Å²) in [6.45, 7) is 1.54. The maximum Gasteiger partial charge on any atom is 0.140 e. The molecule has 2 aliphatic rings. The van der Waals surface area contributed by atoms with Crippen molar-refractivity contribution in [3.05, 3.63) is 35.9 Å². The lowest BCUT2D eigenvalue weighted by Gasteiger charge is -2.62. The van der Waals surface area contributed by atoms with Crippen molar-refractivity contribution in [2.24, 2.45) is 5.92 Å². The minimum Gasteiger partial charge on any atom is -0.394 e. The van der Waals surface area contributed by atoms with Crippen molar-refractivity contribution in [1.82, 2.24) is 0 Å². The van der Waals surface area contributed by atoms with Crippen LogP contribution in [0.3, 0.4) is 0 Å². The SMILES string of the molecule is CC1CC(OCC(O)CO)C(c2ccccc2)CC12OCC2(O)CO. The second-order valence-corrected chi connectivity index (χ2v) is 7.43. The minimum absolute atomic E-state index is 0.00497. The van der Waals surface area contributed by atoms with Crippen LogP contribution in [0.5, 0.6) is 0 Å². The molecule has 1 heterocycles. The predicted molar refractivity (Wildman–Crippen MR) is 91.1 cm³/mol. The zero-order valence-corrected chi connectivity index (χ0v) is 14.5. The van der Waals surface area contributed by atoms with E-state index in [0.29, 0.717) is 12.8 Å². The van der Waals surface area contributed by atoms with Gasteiger partial charge < -0.3 is 29.9 Å². The summed E-state index contributed by atoms with van der Waals surface area (Å²) in [4.78, 5) is 0. The number of aliphatic hydroxyl groups is 4. The molecule has 3 rings (SSSR count). The Hall–Kier alpha value is -1.02. The zero-order valence-electron chi connectivity index (χ0n) is 14.5. The highest BCUT2D eigenvalue weighted by Crippen LogP contribution is 2.54. The van der Waals surface area contributed by atoms with Gasteiger partial charge in [-0.1, -0.05) is 37.3 Å². The van der Waals surface area contributed by atoms with E-state index in [9.17, 15) is 15.3 Å². The first kappa shape index (κ1) is 18.8. The van der Waals surface area contributed by atoms with Crippen LogP contribution in [0.1, 0.15) is 31.2 Å². The van der Waals surface area contributed by atoms with Crippen molar-refractivity contribution in [3.63, 3.8) is 0 Å². The monoisotopic (exact) mass is 352 g/mol. The molecule has 6 unspecified atom stereocenters. The van der Waals surface area contributed by atoms with Crippen LogP contribution < -0.4 is 0 Å². The molecule has 25 heavy (non-hydrogen) atoms. The highest BCUT2D eigenvalue weighted by atomic mass is 16.6. The first-order chi connectivity index (χ1) is 12.0. The van der Waals surface area contributed by atoms with E-state index in [1.54, 1.807) is 0 Å². The van der Waals surface area contributed by atoms with Crippen LogP contribution in [0.25, 0.3) is 0 Å². The van der Waals surface area contributed by atoms with Gasteiger partial charge in [-0.05, 0) is 24.3 Å². The molecule has 1 spiro atoms. The Kier molecular flexibility index (Phi) is 5.48. The Morgan fingerprint density at radius 2 is 2.00 bits per heavy atom. The second kappa shape index (κ2) is 7.31. The third kappa shape index (κ3) is 3.23. The summed E-state index contributed by atoms with van der Waals surface area (Å²) < 4.78 is 11.8. The summed E-state index contributed by atoms with van der Waals surface area (Å²) in [7, 11) is 0. The Labute approximate surface area is 148 Å². The van der Waals surface area contributed by atoms with Gasteiger partial charge in [0.05, 0.1) is 32.5 Å². The standard InChI is InChI=1S/C19H28O6/c1-13-7-17(24-10-15(22)9-20)16(14-5-3-2-4-6-14)8-19(13)18(23,11-21)12-25-19/h2-6,13,15-17,20-23H,7-12H2,1H3.